The van der Waals surface area contributed by atoms with Crippen molar-refractivity contribution < 1.29 is 4.39 Å². The van der Waals surface area contributed by atoms with E-state index in [0.29, 0.717) is 0 Å². The van der Waals surface area contributed by atoms with Crippen molar-refractivity contribution in [3.05, 3.63) is 0 Å². The standard InChI is InChI=1S/C7H14FN/c1-6(8)7-4-2-3-5-9-7/h6-7,9H,2-5H2,1H3. The van der Waals surface area contributed by atoms with E-state index in [2.05, 4.69) is 5.32 Å². The van der Waals surface area contributed by atoms with Crippen molar-refractivity contribution in [1.29, 1.82) is 0 Å². The van der Waals surface area contributed by atoms with E-state index >= 15 is 0 Å². The summed E-state index contributed by atoms with van der Waals surface area (Å²) in [5.74, 6) is 0. The summed E-state index contributed by atoms with van der Waals surface area (Å²) in [4.78, 5) is 0. The molecule has 1 heterocycles. The fraction of sp³-hybridized carbons (Fsp3) is 1.00. The van der Waals surface area contributed by atoms with E-state index in [0.717, 1.165) is 13.0 Å². The molecular weight excluding hydrogens is 117 g/mol. The molecule has 1 saturated heterocycles. The Balaban J connectivity index is 2.23. The first-order valence-electron chi connectivity index (χ1n) is 3.68. The minimum atomic E-state index is -0.676. The molecule has 0 spiro atoms. The van der Waals surface area contributed by atoms with Crippen LogP contribution in [0.25, 0.3) is 0 Å². The third kappa shape index (κ3) is 1.94. The summed E-state index contributed by atoms with van der Waals surface area (Å²) in [5, 5.41) is 3.14. The summed E-state index contributed by atoms with van der Waals surface area (Å²) in [6, 6.07) is 0.138. The lowest BCUT2D eigenvalue weighted by atomic mass is 10.0. The molecule has 0 saturated carbocycles. The first-order chi connectivity index (χ1) is 4.30. The molecule has 2 unspecified atom stereocenters. The molecule has 1 aliphatic heterocycles. The van der Waals surface area contributed by atoms with Crippen LogP contribution >= 0.6 is 0 Å². The van der Waals surface area contributed by atoms with Gasteiger partial charge in [0.2, 0.25) is 0 Å². The van der Waals surface area contributed by atoms with Crippen LogP contribution in [0, 0.1) is 0 Å². The van der Waals surface area contributed by atoms with E-state index in [1.807, 2.05) is 0 Å². The number of nitrogens with one attached hydrogen (secondary N) is 1. The van der Waals surface area contributed by atoms with Crippen LogP contribution in [0.1, 0.15) is 26.2 Å². The third-order valence-corrected chi connectivity index (χ3v) is 1.90. The number of hydrogen-bond donors (Lipinski definition) is 1. The molecule has 1 aliphatic rings. The lowest BCUT2D eigenvalue weighted by Gasteiger charge is -2.24. The van der Waals surface area contributed by atoms with Gasteiger partial charge in [0.05, 0.1) is 0 Å². The van der Waals surface area contributed by atoms with Gasteiger partial charge in [-0.1, -0.05) is 6.42 Å². The Morgan fingerprint density at radius 1 is 1.56 bits per heavy atom. The molecule has 1 rings (SSSR count). The molecule has 1 N–H and O–H groups in total. The van der Waals surface area contributed by atoms with E-state index in [1.54, 1.807) is 6.92 Å². The summed E-state index contributed by atoms with van der Waals surface area (Å²) < 4.78 is 12.5. The number of hydrogen-bond acceptors (Lipinski definition) is 1. The molecule has 2 heteroatoms. The molecule has 0 aliphatic carbocycles. The molecule has 1 nitrogen and oxygen atoms in total. The molecule has 0 aromatic heterocycles. The fourth-order valence-corrected chi connectivity index (χ4v) is 1.27. The molecule has 54 valence electrons. The third-order valence-electron chi connectivity index (χ3n) is 1.90. The topological polar surface area (TPSA) is 12.0 Å². The Kier molecular flexibility index (Phi) is 2.46. The first-order valence-corrected chi connectivity index (χ1v) is 3.68. The number of piperidine rings is 1. The predicted molar refractivity (Wildman–Crippen MR) is 36.2 cm³/mol. The average Bonchev–Trinajstić information content (AvgIpc) is 1.90. The van der Waals surface area contributed by atoms with Gasteiger partial charge in [-0.25, -0.2) is 4.39 Å². The summed E-state index contributed by atoms with van der Waals surface area (Å²) in [6.45, 7) is 2.63. The molecule has 0 bridgehead atoms. The highest BCUT2D eigenvalue weighted by Gasteiger charge is 2.17. The number of alkyl halides is 1. The molecule has 2 atom stereocenters. The number of halogens is 1. The Bertz CT molecular complexity index is 77.0. The molecule has 9 heavy (non-hydrogen) atoms. The van der Waals surface area contributed by atoms with Crippen molar-refractivity contribution in [3.63, 3.8) is 0 Å². The van der Waals surface area contributed by atoms with Gasteiger partial charge in [-0.3, -0.25) is 0 Å². The van der Waals surface area contributed by atoms with Crippen molar-refractivity contribution in [3.8, 4) is 0 Å². The average molecular weight is 131 g/mol. The Morgan fingerprint density at radius 2 is 2.33 bits per heavy atom. The van der Waals surface area contributed by atoms with E-state index in [4.69, 9.17) is 0 Å². The lowest BCUT2D eigenvalue weighted by Crippen LogP contribution is -2.39. The van der Waals surface area contributed by atoms with Crippen molar-refractivity contribution >= 4 is 0 Å². The van der Waals surface area contributed by atoms with Gasteiger partial charge in [0, 0.05) is 6.04 Å². The van der Waals surface area contributed by atoms with Crippen LogP contribution < -0.4 is 5.32 Å². The second-order valence-electron chi connectivity index (χ2n) is 2.73. The van der Waals surface area contributed by atoms with E-state index in [-0.39, 0.29) is 6.04 Å². The van der Waals surface area contributed by atoms with Gasteiger partial charge in [-0.15, -0.1) is 0 Å². The molecule has 0 aromatic rings. The molecule has 0 radical (unpaired) electrons. The van der Waals surface area contributed by atoms with Gasteiger partial charge in [0.15, 0.2) is 0 Å². The van der Waals surface area contributed by atoms with Crippen molar-refractivity contribution in [1.82, 2.24) is 5.32 Å². The summed E-state index contributed by atoms with van der Waals surface area (Å²) in [7, 11) is 0. The zero-order chi connectivity index (χ0) is 6.69. The van der Waals surface area contributed by atoms with Gasteiger partial charge < -0.3 is 5.32 Å². The second kappa shape index (κ2) is 3.16. The number of rotatable bonds is 1. The lowest BCUT2D eigenvalue weighted by molar-refractivity contribution is 0.235. The summed E-state index contributed by atoms with van der Waals surface area (Å²) in [5.41, 5.74) is 0. The van der Waals surface area contributed by atoms with E-state index in [1.165, 1.54) is 12.8 Å². The highest BCUT2D eigenvalue weighted by atomic mass is 19.1. The monoisotopic (exact) mass is 131 g/mol. The van der Waals surface area contributed by atoms with Crippen LogP contribution in [0.15, 0.2) is 0 Å². The maximum Gasteiger partial charge on any atom is 0.113 e. The molecular formula is C7H14FN. The van der Waals surface area contributed by atoms with Gasteiger partial charge in [-0.05, 0) is 26.3 Å². The smallest absolute Gasteiger partial charge is 0.113 e. The molecule has 1 fully saturated rings. The highest BCUT2D eigenvalue weighted by Crippen LogP contribution is 2.11. The molecule has 0 aromatic carbocycles. The Morgan fingerprint density at radius 3 is 2.67 bits per heavy atom. The predicted octanol–water partition coefficient (Wildman–Crippen LogP) is 1.49. The largest absolute Gasteiger partial charge is 0.311 e. The van der Waals surface area contributed by atoms with Crippen LogP contribution in [0.2, 0.25) is 0 Å². The maximum atomic E-state index is 12.5. The normalized spacial score (nSPS) is 32.0. The van der Waals surface area contributed by atoms with Crippen LogP contribution in [-0.2, 0) is 0 Å². The minimum Gasteiger partial charge on any atom is -0.311 e. The van der Waals surface area contributed by atoms with Gasteiger partial charge >= 0.3 is 0 Å². The SMILES string of the molecule is CC(F)C1CCCCN1. The van der Waals surface area contributed by atoms with Gasteiger partial charge in [-0.2, -0.15) is 0 Å². The maximum absolute atomic E-state index is 12.5. The Labute approximate surface area is 55.6 Å². The van der Waals surface area contributed by atoms with Crippen molar-refractivity contribution in [2.24, 2.45) is 0 Å². The van der Waals surface area contributed by atoms with Crippen molar-refractivity contribution in [2.75, 3.05) is 6.54 Å². The quantitative estimate of drug-likeness (QED) is 0.568. The zero-order valence-corrected chi connectivity index (χ0v) is 5.86. The minimum absolute atomic E-state index is 0.138. The zero-order valence-electron chi connectivity index (χ0n) is 5.86. The summed E-state index contributed by atoms with van der Waals surface area (Å²) in [6.07, 6.45) is 2.73. The first kappa shape index (κ1) is 7.00. The van der Waals surface area contributed by atoms with Crippen molar-refractivity contribution in [2.45, 2.75) is 38.4 Å². The molecule has 0 amide bonds. The van der Waals surface area contributed by atoms with E-state index < -0.39 is 6.17 Å². The fourth-order valence-electron chi connectivity index (χ4n) is 1.27. The Hall–Kier alpha value is -0.110. The van der Waals surface area contributed by atoms with E-state index in [9.17, 15) is 4.39 Å². The van der Waals surface area contributed by atoms with Gasteiger partial charge in [0.1, 0.15) is 6.17 Å². The summed E-state index contributed by atoms with van der Waals surface area (Å²) >= 11 is 0. The van der Waals surface area contributed by atoms with Crippen LogP contribution in [0.3, 0.4) is 0 Å². The highest BCUT2D eigenvalue weighted by molar-refractivity contribution is 4.76. The second-order valence-corrected chi connectivity index (χ2v) is 2.73. The van der Waals surface area contributed by atoms with Crippen LogP contribution in [0.5, 0.6) is 0 Å². The van der Waals surface area contributed by atoms with Crippen LogP contribution in [-0.4, -0.2) is 18.8 Å². The van der Waals surface area contributed by atoms with Crippen LogP contribution in [0.4, 0.5) is 4.39 Å². The van der Waals surface area contributed by atoms with Gasteiger partial charge in [0.25, 0.3) is 0 Å².